The molecule has 0 bridgehead atoms. The van der Waals surface area contributed by atoms with Gasteiger partial charge in [0, 0.05) is 10.5 Å². The van der Waals surface area contributed by atoms with E-state index in [4.69, 9.17) is 0 Å². The Balaban J connectivity index is 1.95. The molecule has 0 unspecified atom stereocenters. The molecule has 3 aromatic carbocycles. The van der Waals surface area contributed by atoms with Gasteiger partial charge in [-0.1, -0.05) is 30.3 Å². The number of benzene rings is 3. The summed E-state index contributed by atoms with van der Waals surface area (Å²) < 4.78 is 41.2. The number of hydrogen-bond acceptors (Lipinski definition) is 4. The summed E-state index contributed by atoms with van der Waals surface area (Å²) in [5, 5.41) is 0. The van der Waals surface area contributed by atoms with E-state index in [2.05, 4.69) is 9.73 Å². The maximum Gasteiger partial charge on any atom is 0.573 e. The Kier molecular flexibility index (Phi) is 6.79. The standard InChI is InChI=1S/C22H17F3N2O2S/c1-30-20-10-6-5-9-19(20)26-15-27(21(28)16-7-3-2-4-8-16)17-11-13-18(14-12-17)29-22(23,24)25/h2-15H,1H3. The number of aliphatic imine (C=N–C) groups is 1. The van der Waals surface area contributed by atoms with Gasteiger partial charge in [-0.25, -0.2) is 4.99 Å². The van der Waals surface area contributed by atoms with E-state index in [0.717, 1.165) is 17.0 Å². The summed E-state index contributed by atoms with van der Waals surface area (Å²) in [6.07, 6.45) is -1.51. The Morgan fingerprint density at radius 2 is 1.60 bits per heavy atom. The molecule has 0 saturated heterocycles. The number of anilines is 1. The van der Waals surface area contributed by atoms with Crippen molar-refractivity contribution in [1.29, 1.82) is 0 Å². The maximum absolute atomic E-state index is 13.1. The van der Waals surface area contributed by atoms with Crippen LogP contribution in [-0.2, 0) is 0 Å². The SMILES string of the molecule is CSc1ccccc1N=CN(C(=O)c1ccccc1)c1ccc(OC(F)(F)F)cc1. The number of carbonyl (C=O) groups excluding carboxylic acids is 1. The molecule has 0 N–H and O–H groups in total. The van der Waals surface area contributed by atoms with Crippen LogP contribution in [0.15, 0.2) is 88.8 Å². The van der Waals surface area contributed by atoms with E-state index >= 15 is 0 Å². The second-order valence-corrected chi connectivity index (χ2v) is 6.85. The van der Waals surface area contributed by atoms with Crippen LogP contribution in [0.4, 0.5) is 24.5 Å². The van der Waals surface area contributed by atoms with Crippen molar-refractivity contribution in [2.45, 2.75) is 11.3 Å². The first-order chi connectivity index (χ1) is 14.4. The highest BCUT2D eigenvalue weighted by atomic mass is 32.2. The third-order valence-corrected chi connectivity index (χ3v) is 4.77. The summed E-state index contributed by atoms with van der Waals surface area (Å²) in [4.78, 5) is 19.7. The number of hydrogen-bond donors (Lipinski definition) is 0. The Hall–Kier alpha value is -3.26. The highest BCUT2D eigenvalue weighted by Crippen LogP contribution is 2.28. The second kappa shape index (κ2) is 9.49. The molecule has 8 heteroatoms. The molecular weight excluding hydrogens is 413 g/mol. The number of thioether (sulfide) groups is 1. The summed E-state index contributed by atoms with van der Waals surface area (Å²) in [5.41, 5.74) is 1.44. The number of halogens is 3. The topological polar surface area (TPSA) is 41.9 Å². The van der Waals surface area contributed by atoms with Crippen LogP contribution in [0.5, 0.6) is 5.75 Å². The molecule has 0 fully saturated rings. The fraction of sp³-hybridized carbons (Fsp3) is 0.0909. The minimum Gasteiger partial charge on any atom is -0.406 e. The van der Waals surface area contributed by atoms with Crippen molar-refractivity contribution in [3.05, 3.63) is 84.4 Å². The number of amides is 1. The van der Waals surface area contributed by atoms with E-state index in [1.165, 1.54) is 35.1 Å². The largest absolute Gasteiger partial charge is 0.573 e. The highest BCUT2D eigenvalue weighted by Gasteiger charge is 2.31. The molecule has 3 rings (SSSR count). The number of rotatable bonds is 6. The first-order valence-corrected chi connectivity index (χ1v) is 10.0. The number of ether oxygens (including phenoxy) is 1. The van der Waals surface area contributed by atoms with E-state index in [-0.39, 0.29) is 11.7 Å². The fourth-order valence-electron chi connectivity index (χ4n) is 2.62. The average molecular weight is 430 g/mol. The summed E-state index contributed by atoms with van der Waals surface area (Å²) >= 11 is 1.51. The summed E-state index contributed by atoms with van der Waals surface area (Å²) in [7, 11) is 0. The summed E-state index contributed by atoms with van der Waals surface area (Å²) in [5.74, 6) is -0.742. The Morgan fingerprint density at radius 1 is 0.967 bits per heavy atom. The summed E-state index contributed by atoms with van der Waals surface area (Å²) in [6.45, 7) is 0. The predicted molar refractivity (Wildman–Crippen MR) is 113 cm³/mol. The van der Waals surface area contributed by atoms with Crippen LogP contribution < -0.4 is 9.64 Å². The van der Waals surface area contributed by atoms with Crippen LogP contribution in [0, 0.1) is 0 Å². The molecule has 0 aliphatic heterocycles. The van der Waals surface area contributed by atoms with Crippen LogP contribution in [0.2, 0.25) is 0 Å². The molecule has 0 aromatic heterocycles. The van der Waals surface area contributed by atoms with Gasteiger partial charge in [0.1, 0.15) is 12.1 Å². The first kappa shape index (κ1) is 21.4. The van der Waals surface area contributed by atoms with Gasteiger partial charge in [0.2, 0.25) is 0 Å². The minimum atomic E-state index is -4.79. The quantitative estimate of drug-likeness (QED) is 0.261. The fourth-order valence-corrected chi connectivity index (χ4v) is 3.17. The molecule has 0 aliphatic rings. The molecule has 4 nitrogen and oxygen atoms in total. The Morgan fingerprint density at radius 3 is 2.23 bits per heavy atom. The molecule has 30 heavy (non-hydrogen) atoms. The lowest BCUT2D eigenvalue weighted by Gasteiger charge is -2.19. The minimum absolute atomic E-state index is 0.351. The van der Waals surface area contributed by atoms with Crippen molar-refractivity contribution >= 4 is 35.4 Å². The summed E-state index contributed by atoms with van der Waals surface area (Å²) in [6, 6.07) is 21.0. The van der Waals surface area contributed by atoms with Gasteiger partial charge in [-0.05, 0) is 54.8 Å². The monoisotopic (exact) mass is 430 g/mol. The lowest BCUT2D eigenvalue weighted by Crippen LogP contribution is -2.29. The molecule has 154 valence electrons. The molecule has 0 radical (unpaired) electrons. The van der Waals surface area contributed by atoms with Gasteiger partial charge in [-0.3, -0.25) is 9.69 Å². The molecule has 0 saturated carbocycles. The van der Waals surface area contributed by atoms with Crippen LogP contribution in [0.1, 0.15) is 10.4 Å². The molecule has 1 amide bonds. The Bertz CT molecular complexity index is 1020. The molecule has 0 heterocycles. The average Bonchev–Trinajstić information content (AvgIpc) is 2.74. The number of carbonyl (C=O) groups is 1. The molecule has 0 aliphatic carbocycles. The van der Waals surface area contributed by atoms with Crippen LogP contribution in [-0.4, -0.2) is 24.9 Å². The van der Waals surface area contributed by atoms with E-state index in [9.17, 15) is 18.0 Å². The van der Waals surface area contributed by atoms with Gasteiger partial charge in [0.15, 0.2) is 0 Å². The smallest absolute Gasteiger partial charge is 0.406 e. The van der Waals surface area contributed by atoms with E-state index in [0.29, 0.717) is 16.9 Å². The second-order valence-electron chi connectivity index (χ2n) is 6.00. The highest BCUT2D eigenvalue weighted by molar-refractivity contribution is 7.98. The number of alkyl halides is 3. The van der Waals surface area contributed by atoms with E-state index < -0.39 is 6.36 Å². The van der Waals surface area contributed by atoms with Gasteiger partial charge in [-0.2, -0.15) is 0 Å². The lowest BCUT2D eigenvalue weighted by molar-refractivity contribution is -0.274. The zero-order valence-corrected chi connectivity index (χ0v) is 16.7. The van der Waals surface area contributed by atoms with Gasteiger partial charge in [-0.15, -0.1) is 24.9 Å². The zero-order chi connectivity index (χ0) is 21.6. The third kappa shape index (κ3) is 5.64. The van der Waals surface area contributed by atoms with E-state index in [1.807, 2.05) is 30.5 Å². The van der Waals surface area contributed by atoms with Crippen molar-refractivity contribution in [2.75, 3.05) is 11.2 Å². The van der Waals surface area contributed by atoms with Crippen molar-refractivity contribution < 1.29 is 22.7 Å². The third-order valence-electron chi connectivity index (χ3n) is 3.99. The first-order valence-electron chi connectivity index (χ1n) is 8.79. The van der Waals surface area contributed by atoms with Gasteiger partial charge >= 0.3 is 6.36 Å². The molecular formula is C22H17F3N2O2S. The van der Waals surface area contributed by atoms with Crippen LogP contribution >= 0.6 is 11.8 Å². The van der Waals surface area contributed by atoms with Gasteiger partial charge in [0.05, 0.1) is 11.4 Å². The Labute approximate surface area is 176 Å². The maximum atomic E-state index is 13.1. The normalized spacial score (nSPS) is 11.5. The van der Waals surface area contributed by atoms with Gasteiger partial charge < -0.3 is 4.74 Å². The predicted octanol–water partition coefficient (Wildman–Crippen LogP) is 6.31. The number of para-hydroxylation sites is 1. The lowest BCUT2D eigenvalue weighted by atomic mass is 10.2. The molecule has 0 spiro atoms. The van der Waals surface area contributed by atoms with E-state index in [1.54, 1.807) is 30.3 Å². The van der Waals surface area contributed by atoms with Crippen LogP contribution in [0.25, 0.3) is 0 Å². The zero-order valence-electron chi connectivity index (χ0n) is 15.8. The molecule has 3 aromatic rings. The van der Waals surface area contributed by atoms with Crippen molar-refractivity contribution in [1.82, 2.24) is 0 Å². The number of nitrogens with zero attached hydrogens (tertiary/aromatic N) is 2. The van der Waals surface area contributed by atoms with Gasteiger partial charge in [0.25, 0.3) is 5.91 Å². The van der Waals surface area contributed by atoms with Crippen molar-refractivity contribution in [3.63, 3.8) is 0 Å². The molecule has 0 atom stereocenters. The van der Waals surface area contributed by atoms with Crippen molar-refractivity contribution in [2.24, 2.45) is 4.99 Å². The van der Waals surface area contributed by atoms with Crippen molar-refractivity contribution in [3.8, 4) is 5.75 Å². The van der Waals surface area contributed by atoms with Crippen LogP contribution in [0.3, 0.4) is 0 Å².